The molecule has 4 heterocycles. The average molecular weight is 550 g/mol. The number of sulfonamides is 1. The number of hydrogen-bond donors (Lipinski definition) is 1. The van der Waals surface area contributed by atoms with Gasteiger partial charge in [0.1, 0.15) is 6.10 Å². The Bertz CT molecular complexity index is 1660. The van der Waals surface area contributed by atoms with Gasteiger partial charge in [0.05, 0.1) is 29.4 Å². The maximum absolute atomic E-state index is 13.4. The summed E-state index contributed by atoms with van der Waals surface area (Å²) in [7, 11) is -4.09. The quantitative estimate of drug-likeness (QED) is 0.372. The van der Waals surface area contributed by atoms with Gasteiger partial charge in [-0.25, -0.2) is 18.1 Å². The standard InChI is InChI=1S/C27H23N5O4S.ClH/c1-16-6-3-7-17(2)25(16)21-13-24-30-27(29-21)31-37(34,35)19-9-4-8-18(12-19)26(33)32-14-22-20(10-5-11-28-22)23(15-32)36-24;/h3-13,23H,14-15H2,1-2H3,(H,29,30,31);1H. The number of carbonyl (C=O) groups excluding carboxylic acids is 1. The number of ether oxygens (including phenoxy) is 1. The zero-order valence-corrected chi connectivity index (χ0v) is 22.2. The molecule has 6 rings (SSSR count). The van der Waals surface area contributed by atoms with Crippen LogP contribution in [0.5, 0.6) is 5.88 Å². The SMILES string of the molecule is Cc1cccc(C)c1-c1cc2nc(n1)NS(=O)(=O)c1cccc(c1)C(=O)N1Cc3ncccc3C(C1)O2.Cl. The van der Waals surface area contributed by atoms with Crippen molar-refractivity contribution in [3.8, 4) is 17.1 Å². The zero-order chi connectivity index (χ0) is 25.7. The number of carbonyl (C=O) groups is 1. The van der Waals surface area contributed by atoms with Gasteiger partial charge in [0.15, 0.2) is 0 Å². The number of halogens is 1. The van der Waals surface area contributed by atoms with E-state index in [9.17, 15) is 13.2 Å². The van der Waals surface area contributed by atoms with E-state index in [0.29, 0.717) is 11.4 Å². The summed E-state index contributed by atoms with van der Waals surface area (Å²) < 4.78 is 35.4. The Morgan fingerprint density at radius 2 is 1.76 bits per heavy atom. The topological polar surface area (TPSA) is 114 Å². The molecule has 1 unspecified atom stereocenters. The van der Waals surface area contributed by atoms with Gasteiger partial charge >= 0.3 is 0 Å². The molecule has 0 radical (unpaired) electrons. The van der Waals surface area contributed by atoms with Gasteiger partial charge in [-0.2, -0.15) is 4.98 Å². The van der Waals surface area contributed by atoms with Crippen LogP contribution in [0.15, 0.2) is 71.8 Å². The van der Waals surface area contributed by atoms with Crippen molar-refractivity contribution in [2.75, 3.05) is 11.3 Å². The van der Waals surface area contributed by atoms with Gasteiger partial charge in [-0.3, -0.25) is 9.78 Å². The van der Waals surface area contributed by atoms with Gasteiger partial charge in [-0.05, 0) is 49.2 Å². The fourth-order valence-electron chi connectivity index (χ4n) is 4.86. The molecular formula is C27H24ClN5O4S. The lowest BCUT2D eigenvalue weighted by Crippen LogP contribution is -2.40. The number of hydrogen-bond acceptors (Lipinski definition) is 7. The molecule has 2 aliphatic heterocycles. The second-order valence-corrected chi connectivity index (χ2v) is 10.8. The molecule has 1 amide bonds. The van der Waals surface area contributed by atoms with E-state index in [1.165, 1.54) is 12.1 Å². The van der Waals surface area contributed by atoms with Crippen molar-refractivity contribution in [1.82, 2.24) is 19.9 Å². The maximum Gasteiger partial charge on any atom is 0.264 e. The first-order valence-electron chi connectivity index (χ1n) is 11.8. The third-order valence-electron chi connectivity index (χ3n) is 6.61. The van der Waals surface area contributed by atoms with E-state index in [2.05, 4.69) is 19.7 Å². The molecule has 2 aromatic carbocycles. The van der Waals surface area contributed by atoms with Gasteiger partial charge in [0.25, 0.3) is 15.9 Å². The van der Waals surface area contributed by atoms with E-state index in [1.54, 1.807) is 29.3 Å². The molecule has 0 saturated heterocycles. The highest BCUT2D eigenvalue weighted by molar-refractivity contribution is 7.92. The zero-order valence-electron chi connectivity index (χ0n) is 20.6. The molecule has 0 aliphatic carbocycles. The number of anilines is 1. The van der Waals surface area contributed by atoms with Crippen molar-refractivity contribution in [3.63, 3.8) is 0 Å². The van der Waals surface area contributed by atoms with E-state index in [0.717, 1.165) is 22.3 Å². The summed E-state index contributed by atoms with van der Waals surface area (Å²) in [5, 5.41) is 0. The summed E-state index contributed by atoms with van der Waals surface area (Å²) in [5.41, 5.74) is 5.17. The Morgan fingerprint density at radius 3 is 2.55 bits per heavy atom. The number of aryl methyl sites for hydroxylation is 2. The van der Waals surface area contributed by atoms with Gasteiger partial charge in [-0.1, -0.05) is 30.3 Å². The molecule has 11 heteroatoms. The smallest absolute Gasteiger partial charge is 0.264 e. The van der Waals surface area contributed by atoms with Crippen LogP contribution in [0.3, 0.4) is 0 Å². The summed E-state index contributed by atoms with van der Waals surface area (Å²) >= 11 is 0. The first-order chi connectivity index (χ1) is 17.8. The third-order valence-corrected chi connectivity index (χ3v) is 7.93. The Labute approximate surface area is 226 Å². The molecule has 1 atom stereocenters. The Kier molecular flexibility index (Phi) is 6.54. The minimum atomic E-state index is -4.09. The maximum atomic E-state index is 13.4. The number of amides is 1. The van der Waals surface area contributed by atoms with E-state index < -0.39 is 16.1 Å². The van der Waals surface area contributed by atoms with Crippen LogP contribution in [0.1, 0.15) is 38.8 Å². The number of nitrogens with zero attached hydrogens (tertiary/aromatic N) is 4. The highest BCUT2D eigenvalue weighted by Gasteiger charge is 2.32. The van der Waals surface area contributed by atoms with E-state index in [4.69, 9.17) is 4.74 Å². The van der Waals surface area contributed by atoms with Crippen molar-refractivity contribution in [2.45, 2.75) is 31.4 Å². The Hall–Kier alpha value is -4.02. The monoisotopic (exact) mass is 549 g/mol. The van der Waals surface area contributed by atoms with Crippen LogP contribution >= 0.6 is 12.4 Å². The summed E-state index contributed by atoms with van der Waals surface area (Å²) in [6.07, 6.45) is 1.12. The van der Waals surface area contributed by atoms with E-state index >= 15 is 0 Å². The van der Waals surface area contributed by atoms with Crippen molar-refractivity contribution in [1.29, 1.82) is 0 Å². The van der Waals surface area contributed by atoms with Crippen molar-refractivity contribution >= 4 is 34.3 Å². The van der Waals surface area contributed by atoms with Crippen LogP contribution in [0.2, 0.25) is 0 Å². The second-order valence-electron chi connectivity index (χ2n) is 9.15. The minimum Gasteiger partial charge on any atom is -0.467 e. The van der Waals surface area contributed by atoms with Gasteiger partial charge in [0, 0.05) is 29.0 Å². The second kappa shape index (κ2) is 9.70. The van der Waals surface area contributed by atoms with Crippen LogP contribution in [-0.4, -0.2) is 40.7 Å². The lowest BCUT2D eigenvalue weighted by atomic mass is 10.00. The third kappa shape index (κ3) is 4.57. The lowest BCUT2D eigenvalue weighted by Gasteiger charge is -2.33. The van der Waals surface area contributed by atoms with Gasteiger partial charge in [0.2, 0.25) is 11.8 Å². The lowest BCUT2D eigenvalue weighted by molar-refractivity contribution is 0.0583. The van der Waals surface area contributed by atoms with Gasteiger partial charge in [-0.15, -0.1) is 12.4 Å². The molecule has 194 valence electrons. The first-order valence-corrected chi connectivity index (χ1v) is 13.2. The molecule has 0 fully saturated rings. The molecule has 38 heavy (non-hydrogen) atoms. The predicted molar refractivity (Wildman–Crippen MR) is 144 cm³/mol. The molecule has 6 bridgehead atoms. The van der Waals surface area contributed by atoms with Crippen molar-refractivity contribution in [2.24, 2.45) is 0 Å². The molecule has 2 aromatic heterocycles. The van der Waals surface area contributed by atoms with Crippen LogP contribution in [-0.2, 0) is 16.6 Å². The van der Waals surface area contributed by atoms with E-state index in [1.807, 2.05) is 44.2 Å². The predicted octanol–water partition coefficient (Wildman–Crippen LogP) is 4.47. The normalized spacial score (nSPS) is 17.4. The summed E-state index contributed by atoms with van der Waals surface area (Å²) in [6, 6.07) is 17.3. The molecule has 2 aliphatic rings. The molecule has 0 saturated carbocycles. The number of fused-ring (bicyclic) bond motifs is 8. The summed E-state index contributed by atoms with van der Waals surface area (Å²) in [6.45, 7) is 4.47. The van der Waals surface area contributed by atoms with Crippen molar-refractivity contribution < 1.29 is 17.9 Å². The Morgan fingerprint density at radius 1 is 1.00 bits per heavy atom. The first kappa shape index (κ1) is 25.6. The average Bonchev–Trinajstić information content (AvgIpc) is 2.87. The number of pyridine rings is 1. The molecular weight excluding hydrogens is 526 g/mol. The molecule has 4 aromatic rings. The van der Waals surface area contributed by atoms with Crippen LogP contribution in [0.4, 0.5) is 5.95 Å². The summed E-state index contributed by atoms with van der Waals surface area (Å²) in [4.78, 5) is 28.4. The highest BCUT2D eigenvalue weighted by Crippen LogP contribution is 2.34. The fourth-order valence-corrected chi connectivity index (χ4v) is 5.85. The van der Waals surface area contributed by atoms with Crippen LogP contribution < -0.4 is 9.46 Å². The highest BCUT2D eigenvalue weighted by atomic mass is 35.5. The van der Waals surface area contributed by atoms with Crippen LogP contribution in [0.25, 0.3) is 11.3 Å². The van der Waals surface area contributed by atoms with Crippen LogP contribution in [0, 0.1) is 13.8 Å². The largest absolute Gasteiger partial charge is 0.467 e. The Balaban J connectivity index is 0.00000294. The number of rotatable bonds is 1. The van der Waals surface area contributed by atoms with Gasteiger partial charge < -0.3 is 9.64 Å². The van der Waals surface area contributed by atoms with Crippen molar-refractivity contribution in [3.05, 3.63) is 94.8 Å². The van der Waals surface area contributed by atoms with E-state index in [-0.39, 0.29) is 53.7 Å². The number of aromatic nitrogens is 3. The number of nitrogens with one attached hydrogen (secondary N) is 1. The summed E-state index contributed by atoms with van der Waals surface area (Å²) in [5.74, 6) is -0.245. The molecule has 9 nitrogen and oxygen atoms in total. The molecule has 0 spiro atoms. The molecule has 1 N–H and O–H groups in total. The fraction of sp³-hybridized carbons (Fsp3) is 0.185. The minimum absolute atomic E-state index is 0. The number of benzene rings is 2.